The fourth-order valence-corrected chi connectivity index (χ4v) is 3.96. The second-order valence-corrected chi connectivity index (χ2v) is 7.09. The van der Waals surface area contributed by atoms with Crippen LogP contribution in [-0.4, -0.2) is 28.9 Å². The molecule has 0 unspecified atom stereocenters. The van der Waals surface area contributed by atoms with Crippen LogP contribution in [0.4, 0.5) is 0 Å². The van der Waals surface area contributed by atoms with Crippen molar-refractivity contribution < 1.29 is 9.90 Å². The smallest absolute Gasteiger partial charge is 0.167 e. The topological polar surface area (TPSA) is 40.5 Å². The first-order valence-corrected chi connectivity index (χ1v) is 9.23. The Bertz CT molecular complexity index is 929. The Labute approximate surface area is 153 Å². The van der Waals surface area contributed by atoms with Crippen LogP contribution in [0.2, 0.25) is 0 Å². The van der Waals surface area contributed by atoms with Crippen LogP contribution in [0.15, 0.2) is 66.7 Å². The number of fused-ring (bicyclic) bond motifs is 1. The van der Waals surface area contributed by atoms with Crippen LogP contribution in [0, 0.1) is 5.92 Å². The first kappa shape index (κ1) is 16.8. The summed E-state index contributed by atoms with van der Waals surface area (Å²) in [6.07, 6.45) is 1.94. The first-order chi connectivity index (χ1) is 12.7. The highest BCUT2D eigenvalue weighted by atomic mass is 16.3. The summed E-state index contributed by atoms with van der Waals surface area (Å²) >= 11 is 0. The lowest BCUT2D eigenvalue weighted by molar-refractivity contribution is 0.0812. The molecular formula is C23H23NO2. The third-order valence-electron chi connectivity index (χ3n) is 5.32. The molecule has 3 heteroatoms. The van der Waals surface area contributed by atoms with Crippen molar-refractivity contribution >= 4 is 16.6 Å². The highest BCUT2D eigenvalue weighted by Gasteiger charge is 2.27. The number of nitrogens with zero attached hydrogens (tertiary/aromatic N) is 1. The van der Waals surface area contributed by atoms with Gasteiger partial charge in [-0.05, 0) is 36.2 Å². The number of ketones is 1. The molecule has 1 fully saturated rings. The number of rotatable bonds is 4. The van der Waals surface area contributed by atoms with E-state index in [1.54, 1.807) is 6.07 Å². The van der Waals surface area contributed by atoms with Crippen molar-refractivity contribution in [1.29, 1.82) is 0 Å². The van der Waals surface area contributed by atoms with Gasteiger partial charge in [-0.15, -0.1) is 0 Å². The number of Topliss-reactive ketones (excluding diaryl/α,β-unsaturated/α-hetero) is 1. The zero-order chi connectivity index (χ0) is 17.9. The van der Waals surface area contributed by atoms with Crippen molar-refractivity contribution in [2.24, 2.45) is 5.92 Å². The highest BCUT2D eigenvalue weighted by Crippen LogP contribution is 2.27. The van der Waals surface area contributed by atoms with Crippen molar-refractivity contribution in [3.63, 3.8) is 0 Å². The number of carbonyl (C=O) groups is 1. The maximum atomic E-state index is 13.2. The third kappa shape index (κ3) is 3.35. The van der Waals surface area contributed by atoms with Crippen LogP contribution in [0.5, 0.6) is 5.75 Å². The Morgan fingerprint density at radius 3 is 2.65 bits per heavy atom. The number of phenols is 1. The molecule has 3 aromatic rings. The highest BCUT2D eigenvalue weighted by molar-refractivity contribution is 6.09. The second kappa shape index (κ2) is 7.30. The van der Waals surface area contributed by atoms with Crippen LogP contribution < -0.4 is 0 Å². The summed E-state index contributed by atoms with van der Waals surface area (Å²) in [5.74, 6) is 0.583. The van der Waals surface area contributed by atoms with E-state index >= 15 is 0 Å². The van der Waals surface area contributed by atoms with E-state index in [9.17, 15) is 9.90 Å². The molecule has 0 bridgehead atoms. The summed E-state index contributed by atoms with van der Waals surface area (Å²) in [7, 11) is 0. The van der Waals surface area contributed by atoms with Gasteiger partial charge in [0.2, 0.25) is 0 Å². The van der Waals surface area contributed by atoms with Crippen LogP contribution >= 0.6 is 0 Å². The molecule has 4 rings (SSSR count). The van der Waals surface area contributed by atoms with Gasteiger partial charge in [0.15, 0.2) is 5.78 Å². The number of hydrogen-bond acceptors (Lipinski definition) is 3. The number of hydrogen-bond donors (Lipinski definition) is 1. The van der Waals surface area contributed by atoms with Gasteiger partial charge in [-0.25, -0.2) is 0 Å². The van der Waals surface area contributed by atoms with Gasteiger partial charge in [-0.3, -0.25) is 9.69 Å². The molecule has 0 radical (unpaired) electrons. The van der Waals surface area contributed by atoms with Gasteiger partial charge in [-0.1, -0.05) is 60.7 Å². The predicted molar refractivity (Wildman–Crippen MR) is 104 cm³/mol. The maximum absolute atomic E-state index is 13.2. The zero-order valence-electron chi connectivity index (χ0n) is 14.8. The van der Waals surface area contributed by atoms with Gasteiger partial charge in [0.1, 0.15) is 5.75 Å². The third-order valence-corrected chi connectivity index (χ3v) is 5.32. The van der Waals surface area contributed by atoms with Crippen LogP contribution in [0.25, 0.3) is 10.8 Å². The molecule has 1 saturated heterocycles. The fraction of sp³-hybridized carbons (Fsp3) is 0.261. The molecule has 132 valence electrons. The molecule has 1 heterocycles. The van der Waals surface area contributed by atoms with Crippen molar-refractivity contribution in [3.05, 3.63) is 77.9 Å². The number of carbonyl (C=O) groups excluding carboxylic acids is 1. The van der Waals surface area contributed by atoms with Gasteiger partial charge in [-0.2, -0.15) is 0 Å². The summed E-state index contributed by atoms with van der Waals surface area (Å²) in [4.78, 5) is 15.5. The van der Waals surface area contributed by atoms with Crippen molar-refractivity contribution in [2.45, 2.75) is 19.4 Å². The monoisotopic (exact) mass is 345 g/mol. The lowest BCUT2D eigenvalue weighted by atomic mass is 9.88. The van der Waals surface area contributed by atoms with E-state index in [0.717, 1.165) is 47.8 Å². The quantitative estimate of drug-likeness (QED) is 0.700. The minimum absolute atomic E-state index is 0.0143. The second-order valence-electron chi connectivity index (χ2n) is 7.09. The molecule has 3 nitrogen and oxygen atoms in total. The number of piperidine rings is 1. The van der Waals surface area contributed by atoms with Gasteiger partial charge in [0.25, 0.3) is 0 Å². The standard InChI is InChI=1S/C23H23NO2/c25-22-13-4-2-8-18(22)15-24-14-6-10-19(16-24)23(26)21-12-5-9-17-7-1-3-11-20(17)21/h1-5,7-9,11-13,19,25H,6,10,14-16H2/t19-/m1/s1. The molecule has 0 saturated carbocycles. The summed E-state index contributed by atoms with van der Waals surface area (Å²) in [6, 6.07) is 21.5. The van der Waals surface area contributed by atoms with E-state index in [4.69, 9.17) is 0 Å². The van der Waals surface area contributed by atoms with Crippen molar-refractivity contribution in [2.75, 3.05) is 13.1 Å². The largest absolute Gasteiger partial charge is 0.508 e. The first-order valence-electron chi connectivity index (χ1n) is 9.23. The zero-order valence-corrected chi connectivity index (χ0v) is 14.8. The Hall–Kier alpha value is -2.65. The van der Waals surface area contributed by atoms with E-state index < -0.39 is 0 Å². The molecular weight excluding hydrogens is 322 g/mol. The maximum Gasteiger partial charge on any atom is 0.167 e. The summed E-state index contributed by atoms with van der Waals surface area (Å²) in [5.41, 5.74) is 1.75. The molecule has 3 aromatic carbocycles. The van der Waals surface area contributed by atoms with Crippen LogP contribution in [0.1, 0.15) is 28.8 Å². The van der Waals surface area contributed by atoms with Gasteiger partial charge in [0, 0.05) is 30.1 Å². The van der Waals surface area contributed by atoms with Crippen LogP contribution in [-0.2, 0) is 6.54 Å². The lowest BCUT2D eigenvalue weighted by Gasteiger charge is -2.32. The minimum atomic E-state index is 0.0143. The minimum Gasteiger partial charge on any atom is -0.508 e. The molecule has 1 atom stereocenters. The Morgan fingerprint density at radius 2 is 1.77 bits per heavy atom. The summed E-state index contributed by atoms with van der Waals surface area (Å²) < 4.78 is 0. The number of para-hydroxylation sites is 1. The Morgan fingerprint density at radius 1 is 1.00 bits per heavy atom. The average Bonchev–Trinajstić information content (AvgIpc) is 2.69. The van der Waals surface area contributed by atoms with E-state index in [2.05, 4.69) is 17.0 Å². The molecule has 1 aliphatic rings. The molecule has 26 heavy (non-hydrogen) atoms. The van der Waals surface area contributed by atoms with Crippen molar-refractivity contribution in [3.8, 4) is 5.75 Å². The molecule has 0 spiro atoms. The van der Waals surface area contributed by atoms with E-state index in [0.29, 0.717) is 12.3 Å². The Balaban J connectivity index is 1.54. The molecule has 1 aliphatic heterocycles. The summed E-state index contributed by atoms with van der Waals surface area (Å²) in [5, 5.41) is 12.2. The molecule has 0 aliphatic carbocycles. The number of likely N-dealkylation sites (tertiary alicyclic amines) is 1. The molecule has 0 aromatic heterocycles. The van der Waals surface area contributed by atoms with Crippen molar-refractivity contribution in [1.82, 2.24) is 4.90 Å². The Kier molecular flexibility index (Phi) is 4.72. The fourth-order valence-electron chi connectivity index (χ4n) is 3.96. The number of phenolic OH excluding ortho intramolecular Hbond substituents is 1. The van der Waals surface area contributed by atoms with E-state index in [1.165, 1.54) is 0 Å². The van der Waals surface area contributed by atoms with Crippen LogP contribution in [0.3, 0.4) is 0 Å². The number of benzene rings is 3. The van der Waals surface area contributed by atoms with Gasteiger partial charge >= 0.3 is 0 Å². The average molecular weight is 345 g/mol. The SMILES string of the molecule is O=C(c1cccc2ccccc12)[C@@H]1CCCN(Cc2ccccc2O)C1. The van der Waals surface area contributed by atoms with Gasteiger partial charge < -0.3 is 5.11 Å². The molecule has 1 N–H and O–H groups in total. The number of aromatic hydroxyl groups is 1. The normalized spacial score (nSPS) is 18.1. The van der Waals surface area contributed by atoms with Gasteiger partial charge in [0.05, 0.1) is 0 Å². The van der Waals surface area contributed by atoms with E-state index in [1.807, 2.05) is 48.5 Å². The predicted octanol–water partition coefficient (Wildman–Crippen LogP) is 4.64. The van der Waals surface area contributed by atoms with E-state index in [-0.39, 0.29) is 11.7 Å². The lowest BCUT2D eigenvalue weighted by Crippen LogP contribution is -2.38. The summed E-state index contributed by atoms with van der Waals surface area (Å²) in [6.45, 7) is 2.40. The molecule has 0 amide bonds.